The van der Waals surface area contributed by atoms with Crippen molar-refractivity contribution in [3.8, 4) is 0 Å². The van der Waals surface area contributed by atoms with E-state index in [0.717, 1.165) is 40.6 Å². The smallest absolute Gasteiger partial charge is 0.200 e. The third-order valence-electron chi connectivity index (χ3n) is 3.87. The van der Waals surface area contributed by atoms with E-state index in [0.29, 0.717) is 0 Å². The second-order valence-corrected chi connectivity index (χ2v) is 8.20. The molecule has 0 heterocycles. The lowest BCUT2D eigenvalue weighted by atomic mass is 9.90. The van der Waals surface area contributed by atoms with Crippen LogP contribution in [0.3, 0.4) is 0 Å². The molecule has 4 nitrogen and oxygen atoms in total. The molecule has 0 amide bonds. The largest absolute Gasteiger partial charge is 0.276 e. The zero-order valence-corrected chi connectivity index (χ0v) is 15.1. The molecule has 0 saturated heterocycles. The summed E-state index contributed by atoms with van der Waals surface area (Å²) in [6.45, 7) is 1.92. The number of benzene rings is 2. The van der Waals surface area contributed by atoms with Crippen molar-refractivity contribution in [2.75, 3.05) is 0 Å². The normalized spacial score (nSPS) is 16.2. The monoisotopic (exact) mass is 392 g/mol. The SMILES string of the molecule is Cc1ccc(S(=O)(=O)NN=C2CCCc3cc(Br)ccc32)cc1. The molecule has 6 heteroatoms. The summed E-state index contributed by atoms with van der Waals surface area (Å²) in [6, 6.07) is 12.7. The number of sulfonamides is 1. The molecule has 0 fully saturated rings. The quantitative estimate of drug-likeness (QED) is 0.807. The van der Waals surface area contributed by atoms with Crippen LogP contribution >= 0.6 is 15.9 Å². The van der Waals surface area contributed by atoms with Crippen molar-refractivity contribution >= 4 is 31.7 Å². The van der Waals surface area contributed by atoms with Gasteiger partial charge < -0.3 is 0 Å². The van der Waals surface area contributed by atoms with Crippen LogP contribution in [0.15, 0.2) is 56.9 Å². The summed E-state index contributed by atoms with van der Waals surface area (Å²) in [6.07, 6.45) is 2.72. The first-order valence-corrected chi connectivity index (χ1v) is 9.67. The fraction of sp³-hybridized carbons (Fsp3) is 0.235. The van der Waals surface area contributed by atoms with Crippen molar-refractivity contribution in [2.24, 2.45) is 5.10 Å². The van der Waals surface area contributed by atoms with Gasteiger partial charge in [0.1, 0.15) is 0 Å². The van der Waals surface area contributed by atoms with Crippen LogP contribution in [-0.4, -0.2) is 14.1 Å². The minimum absolute atomic E-state index is 0.222. The Hall–Kier alpha value is -1.66. The molecule has 3 rings (SSSR count). The van der Waals surface area contributed by atoms with E-state index in [1.807, 2.05) is 19.1 Å². The molecule has 23 heavy (non-hydrogen) atoms. The second kappa shape index (κ2) is 6.45. The van der Waals surface area contributed by atoms with Gasteiger partial charge in [0.25, 0.3) is 10.0 Å². The Balaban J connectivity index is 1.88. The third-order valence-corrected chi connectivity index (χ3v) is 5.59. The Labute approximate surface area is 144 Å². The fourth-order valence-electron chi connectivity index (χ4n) is 2.63. The van der Waals surface area contributed by atoms with Crippen molar-refractivity contribution in [1.29, 1.82) is 0 Å². The van der Waals surface area contributed by atoms with E-state index in [1.54, 1.807) is 24.3 Å². The maximum absolute atomic E-state index is 12.3. The van der Waals surface area contributed by atoms with Crippen LogP contribution in [0.1, 0.15) is 29.5 Å². The van der Waals surface area contributed by atoms with E-state index in [2.05, 4.69) is 31.9 Å². The van der Waals surface area contributed by atoms with Crippen LogP contribution in [0.2, 0.25) is 0 Å². The molecule has 0 unspecified atom stereocenters. The predicted molar refractivity (Wildman–Crippen MR) is 95.1 cm³/mol. The highest BCUT2D eigenvalue weighted by Gasteiger charge is 2.18. The molecule has 0 aromatic heterocycles. The van der Waals surface area contributed by atoms with Gasteiger partial charge >= 0.3 is 0 Å². The molecule has 0 radical (unpaired) electrons. The van der Waals surface area contributed by atoms with Gasteiger partial charge in [0.15, 0.2) is 0 Å². The number of fused-ring (bicyclic) bond motifs is 1. The van der Waals surface area contributed by atoms with Crippen molar-refractivity contribution in [2.45, 2.75) is 31.1 Å². The van der Waals surface area contributed by atoms with Crippen LogP contribution in [0, 0.1) is 6.92 Å². The number of nitrogens with one attached hydrogen (secondary N) is 1. The molecular weight excluding hydrogens is 376 g/mol. The Bertz CT molecular complexity index is 859. The average molecular weight is 393 g/mol. The predicted octanol–water partition coefficient (Wildman–Crippen LogP) is 3.78. The first-order chi connectivity index (χ1) is 11.0. The van der Waals surface area contributed by atoms with Crippen LogP contribution < -0.4 is 4.83 Å². The highest BCUT2D eigenvalue weighted by Crippen LogP contribution is 2.25. The summed E-state index contributed by atoms with van der Waals surface area (Å²) in [4.78, 5) is 2.59. The molecule has 0 atom stereocenters. The van der Waals surface area contributed by atoms with Gasteiger partial charge in [-0.05, 0) is 56.0 Å². The molecule has 0 bridgehead atoms. The number of halogens is 1. The highest BCUT2D eigenvalue weighted by atomic mass is 79.9. The number of aryl methyl sites for hydroxylation is 2. The van der Waals surface area contributed by atoms with Gasteiger partial charge in [-0.2, -0.15) is 18.4 Å². The zero-order valence-electron chi connectivity index (χ0n) is 12.7. The number of hydrogen-bond donors (Lipinski definition) is 1. The first kappa shape index (κ1) is 16.2. The zero-order chi connectivity index (χ0) is 16.4. The second-order valence-electron chi connectivity index (χ2n) is 5.62. The van der Waals surface area contributed by atoms with Gasteiger partial charge in [0.2, 0.25) is 0 Å². The van der Waals surface area contributed by atoms with Crippen LogP contribution in [-0.2, 0) is 16.4 Å². The minimum Gasteiger partial charge on any atom is -0.200 e. The summed E-state index contributed by atoms with van der Waals surface area (Å²) in [5.41, 5.74) is 4.02. The lowest BCUT2D eigenvalue weighted by Crippen LogP contribution is -2.22. The minimum atomic E-state index is -3.63. The van der Waals surface area contributed by atoms with E-state index in [1.165, 1.54) is 5.56 Å². The molecule has 2 aromatic rings. The van der Waals surface area contributed by atoms with Crippen LogP contribution in [0.25, 0.3) is 0 Å². The summed E-state index contributed by atoms with van der Waals surface area (Å²) >= 11 is 3.47. The van der Waals surface area contributed by atoms with Gasteiger partial charge in [-0.15, -0.1) is 0 Å². The maximum Gasteiger partial charge on any atom is 0.276 e. The Kier molecular flexibility index (Phi) is 4.55. The van der Waals surface area contributed by atoms with Gasteiger partial charge in [0.05, 0.1) is 10.6 Å². The molecule has 1 N–H and O–H groups in total. The summed E-state index contributed by atoms with van der Waals surface area (Å²) in [5.74, 6) is 0. The third kappa shape index (κ3) is 3.64. The lowest BCUT2D eigenvalue weighted by Gasteiger charge is -2.18. The molecule has 2 aromatic carbocycles. The van der Waals surface area contributed by atoms with Crippen molar-refractivity contribution in [3.63, 3.8) is 0 Å². The summed E-state index contributed by atoms with van der Waals surface area (Å²) in [5, 5.41) is 4.19. The number of rotatable bonds is 3. The van der Waals surface area contributed by atoms with Crippen molar-refractivity contribution < 1.29 is 8.42 Å². The number of hydrazone groups is 1. The molecule has 1 aliphatic rings. The van der Waals surface area contributed by atoms with Crippen molar-refractivity contribution in [3.05, 3.63) is 63.6 Å². The van der Waals surface area contributed by atoms with Crippen molar-refractivity contribution in [1.82, 2.24) is 4.83 Å². The number of nitrogens with zero attached hydrogens (tertiary/aromatic N) is 1. The van der Waals surface area contributed by atoms with Gasteiger partial charge in [0, 0.05) is 10.0 Å². The fourth-order valence-corrected chi connectivity index (χ4v) is 3.87. The van der Waals surface area contributed by atoms with E-state index in [4.69, 9.17) is 0 Å². The summed E-state index contributed by atoms with van der Waals surface area (Å²) < 4.78 is 25.7. The molecule has 0 saturated carbocycles. The Morgan fingerprint density at radius 1 is 1.09 bits per heavy atom. The molecule has 0 spiro atoms. The Morgan fingerprint density at radius 2 is 1.83 bits per heavy atom. The highest BCUT2D eigenvalue weighted by molar-refractivity contribution is 9.10. The van der Waals surface area contributed by atoms with Gasteiger partial charge in [-0.1, -0.05) is 39.7 Å². The van der Waals surface area contributed by atoms with Crippen LogP contribution in [0.5, 0.6) is 0 Å². The lowest BCUT2D eigenvalue weighted by molar-refractivity contribution is 0.584. The van der Waals surface area contributed by atoms with E-state index >= 15 is 0 Å². The molecular formula is C17H17BrN2O2S. The Morgan fingerprint density at radius 3 is 2.57 bits per heavy atom. The average Bonchev–Trinajstić information content (AvgIpc) is 2.53. The van der Waals surface area contributed by atoms with Gasteiger partial charge in [-0.25, -0.2) is 0 Å². The van der Waals surface area contributed by atoms with Gasteiger partial charge in [-0.3, -0.25) is 0 Å². The molecule has 0 aliphatic heterocycles. The number of hydrogen-bond acceptors (Lipinski definition) is 3. The summed E-state index contributed by atoms with van der Waals surface area (Å²) in [7, 11) is -3.63. The molecule has 120 valence electrons. The topological polar surface area (TPSA) is 58.5 Å². The van der Waals surface area contributed by atoms with E-state index < -0.39 is 10.0 Å². The maximum atomic E-state index is 12.3. The van der Waals surface area contributed by atoms with Crippen LogP contribution in [0.4, 0.5) is 0 Å². The van der Waals surface area contributed by atoms with E-state index in [-0.39, 0.29) is 4.90 Å². The standard InChI is InChI=1S/C17H17BrN2O2S/c1-12-5-8-15(9-6-12)23(21,22)20-19-17-4-2-3-13-11-14(18)7-10-16(13)17/h5-11,20H,2-4H2,1H3. The molecule has 1 aliphatic carbocycles. The van der Waals surface area contributed by atoms with E-state index in [9.17, 15) is 8.42 Å². The first-order valence-electron chi connectivity index (χ1n) is 7.39.